The van der Waals surface area contributed by atoms with Crippen LogP contribution in [0.3, 0.4) is 0 Å². The lowest BCUT2D eigenvalue weighted by atomic mass is 10.2. The highest BCUT2D eigenvalue weighted by atomic mass is 79.9. The van der Waals surface area contributed by atoms with Gasteiger partial charge in [-0.15, -0.1) is 13.2 Å². The van der Waals surface area contributed by atoms with Gasteiger partial charge in [0.25, 0.3) is 5.24 Å². The fraction of sp³-hybridized carbons (Fsp3) is 0.125. The normalized spacial score (nSPS) is 11.3. The number of ether oxygens (including phenoxy) is 1. The number of hydrogen-bond acceptors (Lipinski definition) is 3. The van der Waals surface area contributed by atoms with Crippen LogP contribution in [0.1, 0.15) is 10.4 Å². The first kappa shape index (κ1) is 13.1. The largest absolute Gasteiger partial charge is 0.573 e. The number of alkyl halides is 3. The molecule has 1 aromatic carbocycles. The van der Waals surface area contributed by atoms with E-state index < -0.39 is 23.0 Å². The van der Waals surface area contributed by atoms with Crippen molar-refractivity contribution in [1.29, 1.82) is 0 Å². The van der Waals surface area contributed by atoms with E-state index in [9.17, 15) is 18.0 Å². The van der Waals surface area contributed by atoms with Crippen molar-refractivity contribution in [2.45, 2.75) is 6.36 Å². The Hall–Kier alpha value is -0.950. The molecule has 88 valence electrons. The number of halogens is 5. The molecule has 0 saturated carbocycles. The number of carbonyl (C=O) groups is 1. The van der Waals surface area contributed by atoms with Gasteiger partial charge in [-0.3, -0.25) is 4.79 Å². The number of nitrogens with two attached hydrogens (primary N) is 1. The van der Waals surface area contributed by atoms with Crippen LogP contribution in [0.4, 0.5) is 18.9 Å². The van der Waals surface area contributed by atoms with Gasteiger partial charge in [0.15, 0.2) is 5.75 Å². The summed E-state index contributed by atoms with van der Waals surface area (Å²) in [4.78, 5) is 10.9. The van der Waals surface area contributed by atoms with Crippen molar-refractivity contribution in [3.8, 4) is 5.75 Å². The quantitative estimate of drug-likeness (QED) is 0.672. The molecule has 1 rings (SSSR count). The van der Waals surface area contributed by atoms with Gasteiger partial charge in [0.2, 0.25) is 0 Å². The van der Waals surface area contributed by atoms with Gasteiger partial charge in [-0.25, -0.2) is 0 Å². The molecule has 0 bridgehead atoms. The Morgan fingerprint density at radius 3 is 2.44 bits per heavy atom. The highest BCUT2D eigenvalue weighted by Crippen LogP contribution is 2.34. The lowest BCUT2D eigenvalue weighted by Gasteiger charge is -2.13. The minimum Gasteiger partial charge on any atom is -0.404 e. The molecule has 0 aliphatic heterocycles. The van der Waals surface area contributed by atoms with Gasteiger partial charge >= 0.3 is 6.36 Å². The van der Waals surface area contributed by atoms with Crippen molar-refractivity contribution in [3.63, 3.8) is 0 Å². The Bertz CT molecular complexity index is 436. The zero-order valence-corrected chi connectivity index (χ0v) is 9.78. The molecule has 0 aliphatic carbocycles. The first-order valence-electron chi connectivity index (χ1n) is 3.75. The van der Waals surface area contributed by atoms with Crippen LogP contribution in [0, 0.1) is 0 Å². The number of rotatable bonds is 2. The van der Waals surface area contributed by atoms with E-state index in [2.05, 4.69) is 20.7 Å². The van der Waals surface area contributed by atoms with Crippen molar-refractivity contribution in [2.75, 3.05) is 5.73 Å². The lowest BCUT2D eigenvalue weighted by molar-refractivity contribution is -0.274. The van der Waals surface area contributed by atoms with E-state index in [-0.39, 0.29) is 10.0 Å². The maximum absolute atomic E-state index is 12.0. The Balaban J connectivity index is 3.25. The SMILES string of the molecule is Nc1c(OC(F)(F)F)cc(Br)cc1C(=O)Cl. The summed E-state index contributed by atoms with van der Waals surface area (Å²) in [5, 5.41) is -0.967. The van der Waals surface area contributed by atoms with E-state index in [1.165, 1.54) is 6.07 Å². The molecule has 0 amide bonds. The molecule has 3 nitrogen and oxygen atoms in total. The molecule has 0 saturated heterocycles. The number of carbonyl (C=O) groups excluding carboxylic acids is 1. The summed E-state index contributed by atoms with van der Waals surface area (Å²) in [5.41, 5.74) is 4.60. The molecule has 1 aromatic rings. The van der Waals surface area contributed by atoms with Gasteiger partial charge in [0, 0.05) is 4.47 Å². The minimum absolute atomic E-state index is 0.199. The van der Waals surface area contributed by atoms with Crippen LogP contribution in [0.15, 0.2) is 16.6 Å². The van der Waals surface area contributed by atoms with Crippen molar-refractivity contribution >= 4 is 38.5 Å². The second-order valence-electron chi connectivity index (χ2n) is 2.69. The summed E-state index contributed by atoms with van der Waals surface area (Å²) in [6.45, 7) is 0. The monoisotopic (exact) mass is 317 g/mol. The summed E-state index contributed by atoms with van der Waals surface area (Å²) in [7, 11) is 0. The van der Waals surface area contributed by atoms with Gasteiger partial charge in [-0.1, -0.05) is 15.9 Å². The minimum atomic E-state index is -4.89. The van der Waals surface area contributed by atoms with Crippen LogP contribution in [0.25, 0.3) is 0 Å². The molecule has 0 aromatic heterocycles. The molecular formula is C8H4BrClF3NO2. The summed E-state index contributed by atoms with van der Waals surface area (Å²) in [6, 6.07) is 2.19. The molecule has 0 aliphatic rings. The number of nitrogen functional groups attached to an aromatic ring is 1. The molecule has 2 N–H and O–H groups in total. The van der Waals surface area contributed by atoms with Crippen molar-refractivity contribution in [2.24, 2.45) is 0 Å². The molecular weight excluding hydrogens is 314 g/mol. The first-order chi connectivity index (χ1) is 7.20. The fourth-order valence-corrected chi connectivity index (χ4v) is 1.56. The van der Waals surface area contributed by atoms with Crippen LogP contribution >= 0.6 is 27.5 Å². The summed E-state index contributed by atoms with van der Waals surface area (Å²) >= 11 is 8.06. The fourth-order valence-electron chi connectivity index (χ4n) is 0.965. The molecule has 8 heteroatoms. The number of anilines is 1. The summed E-state index contributed by atoms with van der Waals surface area (Å²) in [5.74, 6) is -0.675. The third kappa shape index (κ3) is 3.28. The highest BCUT2D eigenvalue weighted by molar-refractivity contribution is 9.10. The van der Waals surface area contributed by atoms with Crippen molar-refractivity contribution < 1.29 is 22.7 Å². The topological polar surface area (TPSA) is 52.3 Å². The molecule has 0 radical (unpaired) electrons. The average molecular weight is 318 g/mol. The molecule has 0 spiro atoms. The van der Waals surface area contributed by atoms with Crippen LogP contribution in [-0.2, 0) is 0 Å². The zero-order chi connectivity index (χ0) is 12.5. The first-order valence-corrected chi connectivity index (χ1v) is 4.92. The van der Waals surface area contributed by atoms with Crippen molar-refractivity contribution in [1.82, 2.24) is 0 Å². The van der Waals surface area contributed by atoms with E-state index in [1.807, 2.05) is 0 Å². The smallest absolute Gasteiger partial charge is 0.404 e. The van der Waals surface area contributed by atoms with Crippen LogP contribution in [-0.4, -0.2) is 11.6 Å². The predicted molar refractivity (Wildman–Crippen MR) is 55.4 cm³/mol. The van der Waals surface area contributed by atoms with Gasteiger partial charge < -0.3 is 10.5 Å². The van der Waals surface area contributed by atoms with E-state index in [0.29, 0.717) is 0 Å². The van der Waals surface area contributed by atoms with E-state index >= 15 is 0 Å². The predicted octanol–water partition coefficient (Wildman–Crippen LogP) is 3.31. The maximum Gasteiger partial charge on any atom is 0.573 e. The van der Waals surface area contributed by atoms with Crippen LogP contribution < -0.4 is 10.5 Å². The maximum atomic E-state index is 12.0. The second kappa shape index (κ2) is 4.50. The molecule has 0 unspecified atom stereocenters. The molecule has 0 fully saturated rings. The standard InChI is InChI=1S/C8H4BrClF3NO2/c9-3-1-4(7(10)15)6(14)5(2-3)16-8(11,12)13/h1-2H,14H2. The van der Waals surface area contributed by atoms with Gasteiger partial charge in [0.05, 0.1) is 11.3 Å². The Morgan fingerprint density at radius 1 is 1.44 bits per heavy atom. The molecule has 0 atom stereocenters. The van der Waals surface area contributed by atoms with Crippen LogP contribution in [0.5, 0.6) is 5.75 Å². The third-order valence-corrected chi connectivity index (χ3v) is 2.21. The molecule has 0 heterocycles. The Labute approximate surface area is 101 Å². The Morgan fingerprint density at radius 2 is 2.00 bits per heavy atom. The zero-order valence-electron chi connectivity index (χ0n) is 7.44. The van der Waals surface area contributed by atoms with Crippen LogP contribution in [0.2, 0.25) is 0 Å². The van der Waals surface area contributed by atoms with Crippen molar-refractivity contribution in [3.05, 3.63) is 22.2 Å². The number of hydrogen-bond donors (Lipinski definition) is 1. The van der Waals surface area contributed by atoms with Gasteiger partial charge in [0.1, 0.15) is 0 Å². The van der Waals surface area contributed by atoms with Gasteiger partial charge in [-0.05, 0) is 23.7 Å². The van der Waals surface area contributed by atoms with E-state index in [0.717, 1.165) is 6.07 Å². The summed E-state index contributed by atoms with van der Waals surface area (Å²) in [6.07, 6.45) is -4.89. The lowest BCUT2D eigenvalue weighted by Crippen LogP contribution is -2.18. The van der Waals surface area contributed by atoms with Gasteiger partial charge in [-0.2, -0.15) is 0 Å². The Kier molecular flexibility index (Phi) is 3.69. The summed E-state index contributed by atoms with van der Waals surface area (Å²) < 4.78 is 39.8. The third-order valence-electron chi connectivity index (χ3n) is 1.54. The highest BCUT2D eigenvalue weighted by Gasteiger charge is 2.32. The molecule has 16 heavy (non-hydrogen) atoms. The van der Waals surface area contributed by atoms with E-state index in [4.69, 9.17) is 17.3 Å². The number of benzene rings is 1. The average Bonchev–Trinajstić information content (AvgIpc) is 2.07. The second-order valence-corrected chi connectivity index (χ2v) is 3.95. The van der Waals surface area contributed by atoms with E-state index in [1.54, 1.807) is 0 Å².